The lowest BCUT2D eigenvalue weighted by molar-refractivity contribution is -0.130. The van der Waals surface area contributed by atoms with Gasteiger partial charge in [0.05, 0.1) is 6.04 Å². The third-order valence-electron chi connectivity index (χ3n) is 6.59. The van der Waals surface area contributed by atoms with Crippen LogP contribution in [0.15, 0.2) is 66.7 Å². The lowest BCUT2D eigenvalue weighted by atomic mass is 9.78. The fourth-order valence-electron chi connectivity index (χ4n) is 5.05. The van der Waals surface area contributed by atoms with E-state index in [1.54, 1.807) is 0 Å². The summed E-state index contributed by atoms with van der Waals surface area (Å²) >= 11 is 5.82. The summed E-state index contributed by atoms with van der Waals surface area (Å²) in [7, 11) is 0. The number of hydrogen-bond acceptors (Lipinski definition) is 3. The second kappa shape index (κ2) is 7.89. The topological polar surface area (TPSA) is 53.6 Å². The highest BCUT2D eigenvalue weighted by Gasteiger charge is 2.59. The highest BCUT2D eigenvalue weighted by molar-refractivity contribution is 7.80. The van der Waals surface area contributed by atoms with Crippen LogP contribution in [-0.4, -0.2) is 16.7 Å². The lowest BCUT2D eigenvalue weighted by Gasteiger charge is -2.56. The number of ether oxygens (including phenoxy) is 1. The summed E-state index contributed by atoms with van der Waals surface area (Å²) in [6.07, 6.45) is 0. The molecule has 2 bridgehead atoms. The maximum absolute atomic E-state index is 13.9. The van der Waals surface area contributed by atoms with Crippen molar-refractivity contribution in [3.8, 4) is 5.75 Å². The molecule has 0 aliphatic carbocycles. The number of hydrogen-bond donors (Lipinski definition) is 2. The number of para-hydroxylation sites is 1. The molecule has 0 radical (unpaired) electrons. The SMILES string of the molecule is Cc1cccc(N2C(=S)NC3c4ccccc4OC2(C)C3C(=O)Nc2ccc(C)cc2C)c1. The summed E-state index contributed by atoms with van der Waals surface area (Å²) in [5.74, 6) is 0.0881. The smallest absolute Gasteiger partial charge is 0.236 e. The van der Waals surface area contributed by atoms with Gasteiger partial charge in [0, 0.05) is 16.9 Å². The normalized spacial score (nSPS) is 23.3. The zero-order valence-electron chi connectivity index (χ0n) is 19.2. The number of nitrogens with zero attached hydrogens (tertiary/aromatic N) is 1. The van der Waals surface area contributed by atoms with Gasteiger partial charge < -0.3 is 15.4 Å². The Morgan fingerprint density at radius 2 is 1.79 bits per heavy atom. The van der Waals surface area contributed by atoms with Crippen LogP contribution in [0.2, 0.25) is 0 Å². The Labute approximate surface area is 199 Å². The minimum atomic E-state index is -1.02. The molecule has 5 rings (SSSR count). The lowest BCUT2D eigenvalue weighted by Crippen LogP contribution is -2.72. The third kappa shape index (κ3) is 3.55. The minimum absolute atomic E-state index is 0.114. The first-order chi connectivity index (χ1) is 15.8. The van der Waals surface area contributed by atoms with Crippen LogP contribution in [-0.2, 0) is 4.79 Å². The van der Waals surface area contributed by atoms with Crippen LogP contribution in [0.25, 0.3) is 0 Å². The van der Waals surface area contributed by atoms with Crippen LogP contribution in [0.5, 0.6) is 5.75 Å². The number of nitrogens with one attached hydrogen (secondary N) is 2. The maximum Gasteiger partial charge on any atom is 0.236 e. The van der Waals surface area contributed by atoms with Gasteiger partial charge in [-0.2, -0.15) is 0 Å². The molecule has 0 aromatic heterocycles. The molecular formula is C27H27N3O2S. The first-order valence-electron chi connectivity index (χ1n) is 11.1. The molecule has 1 saturated heterocycles. The average Bonchev–Trinajstić information content (AvgIpc) is 2.75. The standard InChI is InChI=1S/C27H27N3O2S/c1-16-8-7-9-19(15-16)30-26(33)29-24-20-10-5-6-11-22(20)32-27(30,4)23(24)25(31)28-21-13-12-17(2)14-18(21)3/h5-15,23-24H,1-4H3,(H,28,31)(H,29,33). The zero-order chi connectivity index (χ0) is 23.3. The Kier molecular flexibility index (Phi) is 5.13. The van der Waals surface area contributed by atoms with Crippen molar-refractivity contribution >= 4 is 34.6 Å². The Morgan fingerprint density at radius 1 is 1.03 bits per heavy atom. The first-order valence-corrected chi connectivity index (χ1v) is 11.5. The molecule has 3 atom stereocenters. The van der Waals surface area contributed by atoms with Gasteiger partial charge in [0.2, 0.25) is 5.91 Å². The predicted octanol–water partition coefficient (Wildman–Crippen LogP) is 5.41. The van der Waals surface area contributed by atoms with Gasteiger partial charge in [-0.05, 0) is 75.3 Å². The van der Waals surface area contributed by atoms with Gasteiger partial charge in [0.15, 0.2) is 10.8 Å². The van der Waals surface area contributed by atoms with Crippen LogP contribution in [0.1, 0.15) is 35.2 Å². The van der Waals surface area contributed by atoms with E-state index in [4.69, 9.17) is 17.0 Å². The number of carbonyl (C=O) groups excluding carboxylic acids is 1. The highest BCUT2D eigenvalue weighted by Crippen LogP contribution is 2.49. The van der Waals surface area contributed by atoms with Crippen LogP contribution >= 0.6 is 12.2 Å². The van der Waals surface area contributed by atoms with Gasteiger partial charge in [-0.15, -0.1) is 0 Å². The van der Waals surface area contributed by atoms with Gasteiger partial charge in [0.25, 0.3) is 0 Å². The fourth-order valence-corrected chi connectivity index (χ4v) is 5.46. The van der Waals surface area contributed by atoms with Gasteiger partial charge in [-0.25, -0.2) is 0 Å². The van der Waals surface area contributed by atoms with Gasteiger partial charge in [-0.1, -0.05) is 48.0 Å². The van der Waals surface area contributed by atoms with E-state index in [1.165, 1.54) is 0 Å². The Morgan fingerprint density at radius 3 is 2.55 bits per heavy atom. The van der Waals surface area contributed by atoms with Crippen molar-refractivity contribution in [2.24, 2.45) is 5.92 Å². The molecule has 5 nitrogen and oxygen atoms in total. The van der Waals surface area contributed by atoms with Gasteiger partial charge >= 0.3 is 0 Å². The van der Waals surface area contributed by atoms with Crippen molar-refractivity contribution in [3.63, 3.8) is 0 Å². The molecule has 33 heavy (non-hydrogen) atoms. The molecule has 2 N–H and O–H groups in total. The number of fused-ring (bicyclic) bond motifs is 4. The Hall–Kier alpha value is -3.38. The summed E-state index contributed by atoms with van der Waals surface area (Å²) in [6, 6.07) is 21.7. The van der Waals surface area contributed by atoms with Crippen LogP contribution in [0.3, 0.4) is 0 Å². The predicted molar refractivity (Wildman–Crippen MR) is 136 cm³/mol. The van der Waals surface area contributed by atoms with Crippen molar-refractivity contribution in [2.45, 2.75) is 39.5 Å². The van der Waals surface area contributed by atoms with E-state index >= 15 is 0 Å². The fraction of sp³-hybridized carbons (Fsp3) is 0.259. The molecular weight excluding hydrogens is 430 g/mol. The average molecular weight is 458 g/mol. The number of amides is 1. The summed E-state index contributed by atoms with van der Waals surface area (Å²) in [4.78, 5) is 15.8. The summed E-state index contributed by atoms with van der Waals surface area (Å²) in [6.45, 7) is 8.04. The van der Waals surface area contributed by atoms with E-state index < -0.39 is 11.6 Å². The second-order valence-electron chi connectivity index (χ2n) is 9.08. The first kappa shape index (κ1) is 21.5. The number of benzene rings is 3. The summed E-state index contributed by atoms with van der Waals surface area (Å²) < 4.78 is 6.63. The molecule has 2 aliphatic rings. The molecule has 0 spiro atoms. The highest BCUT2D eigenvalue weighted by atomic mass is 32.1. The largest absolute Gasteiger partial charge is 0.467 e. The van der Waals surface area contributed by atoms with Gasteiger partial charge in [-0.3, -0.25) is 9.69 Å². The van der Waals surface area contributed by atoms with E-state index in [1.807, 2.05) is 87.2 Å². The van der Waals surface area contributed by atoms with Crippen molar-refractivity contribution < 1.29 is 9.53 Å². The van der Waals surface area contributed by atoms with E-state index in [9.17, 15) is 4.79 Å². The number of carbonyl (C=O) groups is 1. The van der Waals surface area contributed by atoms with Crippen LogP contribution < -0.4 is 20.3 Å². The molecule has 0 saturated carbocycles. The van der Waals surface area contributed by atoms with E-state index in [2.05, 4.69) is 22.8 Å². The van der Waals surface area contributed by atoms with Crippen molar-refractivity contribution in [2.75, 3.05) is 10.2 Å². The number of anilines is 2. The van der Waals surface area contributed by atoms with E-state index in [0.29, 0.717) is 5.11 Å². The molecule has 2 heterocycles. The zero-order valence-corrected chi connectivity index (χ0v) is 20.0. The van der Waals surface area contributed by atoms with Gasteiger partial charge in [0.1, 0.15) is 11.7 Å². The molecule has 168 valence electrons. The second-order valence-corrected chi connectivity index (χ2v) is 9.47. The molecule has 2 aliphatic heterocycles. The molecule has 1 fully saturated rings. The Bertz CT molecular complexity index is 1270. The quantitative estimate of drug-likeness (QED) is 0.515. The monoisotopic (exact) mass is 457 g/mol. The number of aryl methyl sites for hydroxylation is 3. The number of thiocarbonyl (C=S) groups is 1. The molecule has 3 unspecified atom stereocenters. The molecule has 3 aromatic rings. The van der Waals surface area contributed by atoms with Crippen LogP contribution in [0, 0.1) is 26.7 Å². The summed E-state index contributed by atoms with van der Waals surface area (Å²) in [5.41, 5.74) is 4.89. The van der Waals surface area contributed by atoms with E-state index in [0.717, 1.165) is 39.4 Å². The third-order valence-corrected chi connectivity index (χ3v) is 6.89. The summed E-state index contributed by atoms with van der Waals surface area (Å²) in [5, 5.41) is 7.16. The van der Waals surface area contributed by atoms with Crippen molar-refractivity contribution in [1.82, 2.24) is 5.32 Å². The molecule has 6 heteroatoms. The van der Waals surface area contributed by atoms with Crippen molar-refractivity contribution in [3.05, 3.63) is 89.0 Å². The van der Waals surface area contributed by atoms with Crippen LogP contribution in [0.4, 0.5) is 11.4 Å². The van der Waals surface area contributed by atoms with Crippen molar-refractivity contribution in [1.29, 1.82) is 0 Å². The maximum atomic E-state index is 13.9. The number of rotatable bonds is 3. The molecule has 3 aromatic carbocycles. The molecule has 1 amide bonds. The minimum Gasteiger partial charge on any atom is -0.467 e. The Balaban J connectivity index is 1.62. The van der Waals surface area contributed by atoms with E-state index in [-0.39, 0.29) is 11.9 Å².